The molecule has 4 nitrogen and oxygen atoms in total. The van der Waals surface area contributed by atoms with Crippen LogP contribution in [0.4, 0.5) is 0 Å². The summed E-state index contributed by atoms with van der Waals surface area (Å²) < 4.78 is 10.8. The first-order valence-corrected chi connectivity index (χ1v) is 7.13. The first-order valence-electron chi connectivity index (χ1n) is 7.13. The van der Waals surface area contributed by atoms with E-state index in [1.54, 1.807) is 7.11 Å². The summed E-state index contributed by atoms with van der Waals surface area (Å²) in [4.78, 5) is 4.30. The van der Waals surface area contributed by atoms with E-state index in [-0.39, 0.29) is 6.04 Å². The highest BCUT2D eigenvalue weighted by atomic mass is 16.5. The van der Waals surface area contributed by atoms with Gasteiger partial charge in [0, 0.05) is 25.4 Å². The van der Waals surface area contributed by atoms with Crippen LogP contribution in [-0.4, -0.2) is 24.7 Å². The fourth-order valence-electron chi connectivity index (χ4n) is 2.03. The zero-order valence-corrected chi connectivity index (χ0v) is 12.6. The molecule has 1 heterocycles. The summed E-state index contributed by atoms with van der Waals surface area (Å²) in [6.45, 7) is 2.71. The zero-order chi connectivity index (χ0) is 15.1. The number of nitrogens with zero attached hydrogens (tertiary/aromatic N) is 1. The molecule has 1 unspecified atom stereocenters. The van der Waals surface area contributed by atoms with Crippen molar-refractivity contribution in [1.29, 1.82) is 0 Å². The van der Waals surface area contributed by atoms with Crippen LogP contribution in [0, 0.1) is 0 Å². The molecule has 2 aromatic rings. The van der Waals surface area contributed by atoms with Gasteiger partial charge in [-0.05, 0) is 43.0 Å². The standard InChI is InChI=1S/C17H22N2O2/c1-13(18)11-15-5-8-17(19-12-15)21-16-6-3-14(4-7-16)9-10-20-2/h3-8,12-13H,9-11,18H2,1-2H3. The third-order valence-corrected chi connectivity index (χ3v) is 3.10. The average Bonchev–Trinajstić information content (AvgIpc) is 2.48. The molecule has 0 saturated carbocycles. The van der Waals surface area contributed by atoms with Crippen LogP contribution in [0.3, 0.4) is 0 Å². The predicted octanol–water partition coefficient (Wildman–Crippen LogP) is 2.95. The molecule has 1 aromatic carbocycles. The Kier molecular flexibility index (Phi) is 5.72. The number of benzene rings is 1. The second kappa shape index (κ2) is 7.76. The van der Waals surface area contributed by atoms with E-state index < -0.39 is 0 Å². The Morgan fingerprint density at radius 2 is 1.81 bits per heavy atom. The van der Waals surface area contributed by atoms with Gasteiger partial charge in [0.05, 0.1) is 6.61 Å². The number of nitrogens with two attached hydrogens (primary N) is 1. The molecular weight excluding hydrogens is 264 g/mol. The Morgan fingerprint density at radius 1 is 1.10 bits per heavy atom. The number of aromatic nitrogens is 1. The molecule has 2 rings (SSSR count). The molecule has 1 aromatic heterocycles. The Labute approximate surface area is 125 Å². The van der Waals surface area contributed by atoms with E-state index in [4.69, 9.17) is 15.2 Å². The van der Waals surface area contributed by atoms with Gasteiger partial charge >= 0.3 is 0 Å². The van der Waals surface area contributed by atoms with E-state index in [9.17, 15) is 0 Å². The van der Waals surface area contributed by atoms with Crippen molar-refractivity contribution in [2.24, 2.45) is 5.73 Å². The smallest absolute Gasteiger partial charge is 0.219 e. The summed E-state index contributed by atoms with van der Waals surface area (Å²) in [7, 11) is 1.71. The molecule has 4 heteroatoms. The number of methoxy groups -OCH3 is 1. The third-order valence-electron chi connectivity index (χ3n) is 3.10. The first kappa shape index (κ1) is 15.5. The fourth-order valence-corrected chi connectivity index (χ4v) is 2.03. The zero-order valence-electron chi connectivity index (χ0n) is 12.6. The van der Waals surface area contributed by atoms with Gasteiger partial charge in [0.25, 0.3) is 0 Å². The van der Waals surface area contributed by atoms with Crippen molar-refractivity contribution in [3.63, 3.8) is 0 Å². The number of rotatable bonds is 7. The lowest BCUT2D eigenvalue weighted by Crippen LogP contribution is -2.17. The van der Waals surface area contributed by atoms with Crippen molar-refractivity contribution >= 4 is 0 Å². The van der Waals surface area contributed by atoms with E-state index in [1.165, 1.54) is 5.56 Å². The Balaban J connectivity index is 1.94. The highest BCUT2D eigenvalue weighted by Gasteiger charge is 2.02. The topological polar surface area (TPSA) is 57.4 Å². The maximum Gasteiger partial charge on any atom is 0.219 e. The van der Waals surface area contributed by atoms with Crippen molar-refractivity contribution < 1.29 is 9.47 Å². The van der Waals surface area contributed by atoms with Gasteiger partial charge in [0.2, 0.25) is 5.88 Å². The molecule has 0 bridgehead atoms. The third kappa shape index (κ3) is 5.17. The van der Waals surface area contributed by atoms with Crippen LogP contribution in [0.1, 0.15) is 18.1 Å². The summed E-state index contributed by atoms with van der Waals surface area (Å²) in [5.74, 6) is 1.37. The fraction of sp³-hybridized carbons (Fsp3) is 0.353. The largest absolute Gasteiger partial charge is 0.439 e. The number of ether oxygens (including phenoxy) is 2. The lowest BCUT2D eigenvalue weighted by molar-refractivity contribution is 0.202. The molecule has 0 radical (unpaired) electrons. The molecule has 0 amide bonds. The van der Waals surface area contributed by atoms with Gasteiger partial charge in [0.15, 0.2) is 0 Å². The summed E-state index contributed by atoms with van der Waals surface area (Å²) in [5, 5.41) is 0. The van der Waals surface area contributed by atoms with E-state index in [1.807, 2.05) is 49.5 Å². The van der Waals surface area contributed by atoms with Crippen LogP contribution in [0.25, 0.3) is 0 Å². The minimum Gasteiger partial charge on any atom is -0.439 e. The molecule has 112 valence electrons. The second-order valence-corrected chi connectivity index (χ2v) is 5.17. The first-order chi connectivity index (χ1) is 10.2. The van der Waals surface area contributed by atoms with Crippen molar-refractivity contribution in [2.45, 2.75) is 25.8 Å². The van der Waals surface area contributed by atoms with E-state index in [0.717, 1.165) is 30.8 Å². The number of hydrogen-bond donors (Lipinski definition) is 1. The van der Waals surface area contributed by atoms with Gasteiger partial charge in [-0.1, -0.05) is 18.2 Å². The molecule has 0 aliphatic carbocycles. The van der Waals surface area contributed by atoms with Gasteiger partial charge < -0.3 is 15.2 Å². The van der Waals surface area contributed by atoms with Gasteiger partial charge in [-0.25, -0.2) is 4.98 Å². The molecule has 0 aliphatic rings. The van der Waals surface area contributed by atoms with Gasteiger partial charge in [-0.2, -0.15) is 0 Å². The van der Waals surface area contributed by atoms with Crippen LogP contribution in [0.5, 0.6) is 11.6 Å². The lowest BCUT2D eigenvalue weighted by atomic mass is 10.1. The van der Waals surface area contributed by atoms with E-state index in [2.05, 4.69) is 4.98 Å². The summed E-state index contributed by atoms with van der Waals surface area (Å²) >= 11 is 0. The quantitative estimate of drug-likeness (QED) is 0.850. The molecular formula is C17H22N2O2. The molecule has 21 heavy (non-hydrogen) atoms. The highest BCUT2D eigenvalue weighted by Crippen LogP contribution is 2.20. The van der Waals surface area contributed by atoms with Gasteiger partial charge in [0.1, 0.15) is 5.75 Å². The van der Waals surface area contributed by atoms with Crippen LogP contribution < -0.4 is 10.5 Å². The van der Waals surface area contributed by atoms with Crippen molar-refractivity contribution in [1.82, 2.24) is 4.98 Å². The number of hydrogen-bond acceptors (Lipinski definition) is 4. The minimum absolute atomic E-state index is 0.137. The SMILES string of the molecule is COCCc1ccc(Oc2ccc(CC(C)N)cn2)cc1. The van der Waals surface area contributed by atoms with Crippen molar-refractivity contribution in [3.05, 3.63) is 53.7 Å². The maximum absolute atomic E-state index is 5.77. The maximum atomic E-state index is 5.77. The highest BCUT2D eigenvalue weighted by molar-refractivity contribution is 5.31. The van der Waals surface area contributed by atoms with Crippen LogP contribution in [0.2, 0.25) is 0 Å². The summed E-state index contributed by atoms with van der Waals surface area (Å²) in [5.41, 5.74) is 8.11. The summed E-state index contributed by atoms with van der Waals surface area (Å²) in [6.07, 6.45) is 3.54. The molecule has 0 spiro atoms. The Morgan fingerprint density at radius 3 is 2.38 bits per heavy atom. The normalized spacial score (nSPS) is 12.1. The molecule has 0 saturated heterocycles. The average molecular weight is 286 g/mol. The minimum atomic E-state index is 0.137. The Bertz CT molecular complexity index is 536. The van der Waals surface area contributed by atoms with Crippen molar-refractivity contribution in [2.75, 3.05) is 13.7 Å². The van der Waals surface area contributed by atoms with Gasteiger partial charge in [-0.15, -0.1) is 0 Å². The van der Waals surface area contributed by atoms with E-state index in [0.29, 0.717) is 5.88 Å². The van der Waals surface area contributed by atoms with Crippen molar-refractivity contribution in [3.8, 4) is 11.6 Å². The molecule has 2 N–H and O–H groups in total. The Hall–Kier alpha value is -1.91. The number of pyridine rings is 1. The molecule has 1 atom stereocenters. The van der Waals surface area contributed by atoms with Crippen LogP contribution in [-0.2, 0) is 17.6 Å². The van der Waals surface area contributed by atoms with Gasteiger partial charge in [-0.3, -0.25) is 0 Å². The molecule has 0 aliphatic heterocycles. The van der Waals surface area contributed by atoms with Crippen LogP contribution >= 0.6 is 0 Å². The summed E-state index contributed by atoms with van der Waals surface area (Å²) in [6, 6.07) is 12.0. The van der Waals surface area contributed by atoms with Crippen LogP contribution in [0.15, 0.2) is 42.6 Å². The molecule has 0 fully saturated rings. The predicted molar refractivity (Wildman–Crippen MR) is 83.7 cm³/mol. The monoisotopic (exact) mass is 286 g/mol. The second-order valence-electron chi connectivity index (χ2n) is 5.17. The lowest BCUT2D eigenvalue weighted by Gasteiger charge is -2.08. The van der Waals surface area contributed by atoms with E-state index >= 15 is 0 Å².